The number of hydrogen-bond donors (Lipinski definition) is 1. The predicted molar refractivity (Wildman–Crippen MR) is 99.3 cm³/mol. The summed E-state index contributed by atoms with van der Waals surface area (Å²) in [6.45, 7) is 2.47. The fourth-order valence-electron chi connectivity index (χ4n) is 3.33. The number of benzene rings is 1. The highest BCUT2D eigenvalue weighted by Crippen LogP contribution is 2.31. The molecule has 5 heteroatoms. The Kier molecular flexibility index (Phi) is 4.15. The predicted octanol–water partition coefficient (Wildman–Crippen LogP) is 3.64. The van der Waals surface area contributed by atoms with E-state index in [-0.39, 0.29) is 0 Å². The number of aromatic nitrogens is 1. The van der Waals surface area contributed by atoms with Gasteiger partial charge in [0.15, 0.2) is 0 Å². The summed E-state index contributed by atoms with van der Waals surface area (Å²) >= 11 is 0. The molecule has 5 nitrogen and oxygen atoms in total. The van der Waals surface area contributed by atoms with Gasteiger partial charge in [-0.05, 0) is 49.4 Å². The smallest absolute Gasteiger partial charge is 0.214 e. The summed E-state index contributed by atoms with van der Waals surface area (Å²) in [4.78, 5) is 18.9. The van der Waals surface area contributed by atoms with Gasteiger partial charge in [0.05, 0.1) is 12.8 Å². The van der Waals surface area contributed by atoms with Gasteiger partial charge in [-0.25, -0.2) is 0 Å². The minimum absolute atomic E-state index is 0.426. The van der Waals surface area contributed by atoms with E-state index >= 15 is 0 Å². The fraction of sp³-hybridized carbons (Fsp3) is 0.250. The van der Waals surface area contributed by atoms with E-state index < -0.39 is 0 Å². The first-order valence-electron chi connectivity index (χ1n) is 8.48. The molecular weight excluding hydrogens is 314 g/mol. The molecular formula is C20H21N3O2. The molecule has 1 N–H and O–H groups in total. The third kappa shape index (κ3) is 3.10. The number of H-pyrrole nitrogens is 1. The number of carbonyl (C=O) groups excluding carboxylic acids is 1. The molecule has 0 aliphatic carbocycles. The summed E-state index contributed by atoms with van der Waals surface area (Å²) < 4.78 is 5.37. The number of nitrogens with zero attached hydrogens (tertiary/aromatic N) is 2. The Balaban J connectivity index is 1.69. The Hall–Kier alpha value is -2.79. The van der Waals surface area contributed by atoms with Crippen molar-refractivity contribution in [3.8, 4) is 0 Å². The van der Waals surface area contributed by atoms with Crippen LogP contribution in [0.3, 0.4) is 0 Å². The van der Waals surface area contributed by atoms with Gasteiger partial charge in [0, 0.05) is 41.4 Å². The Bertz CT molecular complexity index is 908. The van der Waals surface area contributed by atoms with Gasteiger partial charge in [-0.15, -0.1) is 0 Å². The van der Waals surface area contributed by atoms with Gasteiger partial charge in [-0.1, -0.05) is 6.08 Å². The number of aromatic amines is 1. The molecule has 0 unspecified atom stereocenters. The van der Waals surface area contributed by atoms with Gasteiger partial charge in [-0.3, -0.25) is 4.79 Å². The van der Waals surface area contributed by atoms with Crippen molar-refractivity contribution in [1.29, 1.82) is 0 Å². The van der Waals surface area contributed by atoms with E-state index in [1.807, 2.05) is 24.3 Å². The third-order valence-corrected chi connectivity index (χ3v) is 4.79. The van der Waals surface area contributed by atoms with E-state index in [1.54, 1.807) is 11.2 Å². The van der Waals surface area contributed by atoms with Crippen LogP contribution in [0.25, 0.3) is 16.5 Å². The van der Waals surface area contributed by atoms with Crippen molar-refractivity contribution in [2.75, 3.05) is 25.0 Å². The molecule has 0 bridgehead atoms. The number of fused-ring (bicyclic) bond motifs is 1. The molecule has 3 aromatic rings. The van der Waals surface area contributed by atoms with Crippen LogP contribution in [0, 0.1) is 0 Å². The second-order valence-electron chi connectivity index (χ2n) is 6.49. The van der Waals surface area contributed by atoms with E-state index in [2.05, 4.69) is 35.3 Å². The van der Waals surface area contributed by atoms with E-state index in [9.17, 15) is 4.79 Å². The number of furan rings is 1. The van der Waals surface area contributed by atoms with E-state index in [0.717, 1.165) is 48.3 Å². The molecule has 1 aliphatic heterocycles. The van der Waals surface area contributed by atoms with Gasteiger partial charge in [0.1, 0.15) is 5.76 Å². The Morgan fingerprint density at radius 2 is 2.28 bits per heavy atom. The highest BCUT2D eigenvalue weighted by molar-refractivity contribution is 5.96. The molecule has 0 radical (unpaired) electrons. The average molecular weight is 335 g/mol. The lowest BCUT2D eigenvalue weighted by Gasteiger charge is -2.22. The summed E-state index contributed by atoms with van der Waals surface area (Å²) in [6, 6.07) is 9.78. The summed E-state index contributed by atoms with van der Waals surface area (Å²) in [7, 11) is 2.14. The molecule has 25 heavy (non-hydrogen) atoms. The van der Waals surface area contributed by atoms with Crippen LogP contribution in [0.4, 0.5) is 5.69 Å². The topological polar surface area (TPSA) is 52.5 Å². The third-order valence-electron chi connectivity index (χ3n) is 4.79. The quantitative estimate of drug-likeness (QED) is 0.724. The first kappa shape index (κ1) is 15.7. The number of anilines is 1. The van der Waals surface area contributed by atoms with Crippen molar-refractivity contribution >= 4 is 28.6 Å². The molecule has 1 aliphatic rings. The van der Waals surface area contributed by atoms with Crippen LogP contribution in [0.15, 0.2) is 53.3 Å². The molecule has 0 atom stereocenters. The van der Waals surface area contributed by atoms with E-state index in [1.165, 1.54) is 11.1 Å². The van der Waals surface area contributed by atoms with Gasteiger partial charge >= 0.3 is 0 Å². The van der Waals surface area contributed by atoms with Crippen molar-refractivity contribution in [3.63, 3.8) is 0 Å². The van der Waals surface area contributed by atoms with Crippen LogP contribution < -0.4 is 4.90 Å². The normalized spacial score (nSPS) is 15.3. The second kappa shape index (κ2) is 6.61. The number of nitrogens with one attached hydrogen (secondary N) is 1. The molecule has 0 saturated carbocycles. The fourth-order valence-corrected chi connectivity index (χ4v) is 3.33. The van der Waals surface area contributed by atoms with Gasteiger partial charge in [-0.2, -0.15) is 0 Å². The number of amides is 1. The molecule has 1 amide bonds. The molecule has 1 aromatic carbocycles. The molecule has 0 spiro atoms. The molecule has 2 aromatic heterocycles. The van der Waals surface area contributed by atoms with E-state index in [4.69, 9.17) is 4.42 Å². The largest absolute Gasteiger partial charge is 0.467 e. The van der Waals surface area contributed by atoms with Crippen molar-refractivity contribution in [1.82, 2.24) is 9.88 Å². The number of hydrogen-bond acceptors (Lipinski definition) is 3. The standard InChI is InChI=1S/C20H21N3O2/c1-22-8-6-15(7-9-22)19-12-21-20-5-4-16(11-18(19)20)23(14-24)13-17-3-2-10-25-17/h2-6,10-12,14,21H,7-9,13H2,1H3. The van der Waals surface area contributed by atoms with Crippen LogP contribution in [0.1, 0.15) is 17.7 Å². The number of rotatable bonds is 5. The zero-order valence-corrected chi connectivity index (χ0v) is 14.2. The molecule has 4 rings (SSSR count). The maximum Gasteiger partial charge on any atom is 0.214 e. The summed E-state index contributed by atoms with van der Waals surface area (Å²) in [5.41, 5.74) is 4.55. The average Bonchev–Trinajstić information content (AvgIpc) is 3.29. The van der Waals surface area contributed by atoms with Crippen molar-refractivity contribution in [2.45, 2.75) is 13.0 Å². The van der Waals surface area contributed by atoms with Gasteiger partial charge in [0.25, 0.3) is 0 Å². The van der Waals surface area contributed by atoms with Crippen molar-refractivity contribution in [2.24, 2.45) is 0 Å². The Morgan fingerprint density at radius 1 is 1.36 bits per heavy atom. The van der Waals surface area contributed by atoms with Crippen LogP contribution in [-0.4, -0.2) is 36.4 Å². The van der Waals surface area contributed by atoms with Crippen LogP contribution in [0.2, 0.25) is 0 Å². The molecule has 3 heterocycles. The lowest BCUT2D eigenvalue weighted by atomic mass is 9.99. The summed E-state index contributed by atoms with van der Waals surface area (Å²) in [6.07, 6.45) is 7.88. The van der Waals surface area contributed by atoms with Crippen LogP contribution >= 0.6 is 0 Å². The Morgan fingerprint density at radius 3 is 3.00 bits per heavy atom. The maximum absolute atomic E-state index is 11.6. The lowest BCUT2D eigenvalue weighted by molar-refractivity contribution is -0.107. The zero-order chi connectivity index (χ0) is 17.2. The SMILES string of the molecule is CN1CC=C(c2c[nH]c3ccc(N(C=O)Cc4ccco4)cc23)CC1. The highest BCUT2D eigenvalue weighted by atomic mass is 16.3. The van der Waals surface area contributed by atoms with Crippen LogP contribution in [0.5, 0.6) is 0 Å². The number of carbonyl (C=O) groups is 1. The molecule has 0 fully saturated rings. The minimum atomic E-state index is 0.426. The molecule has 0 saturated heterocycles. The summed E-state index contributed by atoms with van der Waals surface area (Å²) in [5.74, 6) is 0.763. The molecule has 128 valence electrons. The minimum Gasteiger partial charge on any atom is -0.467 e. The monoisotopic (exact) mass is 335 g/mol. The summed E-state index contributed by atoms with van der Waals surface area (Å²) in [5, 5.41) is 1.15. The van der Waals surface area contributed by atoms with Crippen molar-refractivity contribution < 1.29 is 9.21 Å². The first-order chi connectivity index (χ1) is 12.2. The highest BCUT2D eigenvalue weighted by Gasteiger charge is 2.15. The van der Waals surface area contributed by atoms with Gasteiger partial charge in [0.2, 0.25) is 6.41 Å². The zero-order valence-electron chi connectivity index (χ0n) is 14.2. The van der Waals surface area contributed by atoms with Crippen LogP contribution in [-0.2, 0) is 11.3 Å². The number of likely N-dealkylation sites (N-methyl/N-ethyl adjacent to an activating group) is 1. The maximum atomic E-state index is 11.6. The van der Waals surface area contributed by atoms with Crippen molar-refractivity contribution in [3.05, 3.63) is 60.2 Å². The Labute approximate surface area is 146 Å². The second-order valence-corrected chi connectivity index (χ2v) is 6.49. The first-order valence-corrected chi connectivity index (χ1v) is 8.48. The lowest BCUT2D eigenvalue weighted by Crippen LogP contribution is -2.23. The van der Waals surface area contributed by atoms with Gasteiger partial charge < -0.3 is 19.2 Å². The van der Waals surface area contributed by atoms with E-state index in [0.29, 0.717) is 6.54 Å².